The molecule has 0 aliphatic heterocycles. The first-order valence-corrected chi connectivity index (χ1v) is 10.6. The molecule has 0 spiro atoms. The first-order valence-electron chi connectivity index (χ1n) is 9.65. The van der Waals surface area contributed by atoms with Crippen molar-refractivity contribution in [3.63, 3.8) is 0 Å². The molecule has 2 nitrogen and oxygen atoms in total. The van der Waals surface area contributed by atoms with Crippen LogP contribution in [0.2, 0.25) is 0 Å². The smallest absolute Gasteiger partial charge is 0.234 e. The molecular formula is C23H30FNOS. The quantitative estimate of drug-likeness (QED) is 0.421. The molecule has 0 aliphatic carbocycles. The Labute approximate surface area is 167 Å². The Balaban J connectivity index is 1.91. The Bertz CT molecular complexity index is 714. The van der Waals surface area contributed by atoms with E-state index >= 15 is 0 Å². The van der Waals surface area contributed by atoms with Gasteiger partial charge in [0.25, 0.3) is 0 Å². The predicted molar refractivity (Wildman–Crippen MR) is 114 cm³/mol. The summed E-state index contributed by atoms with van der Waals surface area (Å²) in [5, 5.41) is 0. The molecule has 146 valence electrons. The minimum Gasteiger partial charge on any atom is -0.300 e. The molecule has 0 bridgehead atoms. The number of halogens is 1. The third-order valence-corrected chi connectivity index (χ3v) is 5.47. The molecule has 0 saturated heterocycles. The Morgan fingerprint density at radius 3 is 2.19 bits per heavy atom. The highest BCUT2D eigenvalue weighted by atomic mass is 32.2. The molecule has 2 aromatic rings. The fourth-order valence-electron chi connectivity index (χ4n) is 3.24. The number of carbonyl (C=O) groups is 1. The van der Waals surface area contributed by atoms with Crippen LogP contribution in [0.4, 0.5) is 4.39 Å². The van der Waals surface area contributed by atoms with E-state index in [4.69, 9.17) is 0 Å². The summed E-state index contributed by atoms with van der Waals surface area (Å²) >= 11 is 1.46. The van der Waals surface area contributed by atoms with Gasteiger partial charge in [-0.1, -0.05) is 70.0 Å². The van der Waals surface area contributed by atoms with Gasteiger partial charge in [0.05, 0.1) is 6.42 Å². The van der Waals surface area contributed by atoms with Crippen molar-refractivity contribution < 1.29 is 9.18 Å². The van der Waals surface area contributed by atoms with Crippen LogP contribution < -0.4 is 4.72 Å². The maximum Gasteiger partial charge on any atom is 0.234 e. The standard InChI is InChI=1S/C23H30FNOS/c1-16(2)20-13-19(24)14-21(17(3)4)22(20)15-23(26)25-27-12-8-11-18-9-6-5-7-10-18/h5-7,9-10,13-14,16-17H,8,11-12,15H2,1-4H3,(H,25,26). The summed E-state index contributed by atoms with van der Waals surface area (Å²) in [7, 11) is 0. The Kier molecular flexibility index (Phi) is 8.36. The highest BCUT2D eigenvalue weighted by Crippen LogP contribution is 2.29. The van der Waals surface area contributed by atoms with Crippen LogP contribution in [0.3, 0.4) is 0 Å². The number of rotatable bonds is 9. The third kappa shape index (κ3) is 6.69. The van der Waals surface area contributed by atoms with Crippen LogP contribution >= 0.6 is 11.9 Å². The molecule has 2 rings (SSSR count). The van der Waals surface area contributed by atoms with Gasteiger partial charge in [0.2, 0.25) is 5.91 Å². The van der Waals surface area contributed by atoms with Crippen molar-refractivity contribution in [2.45, 2.75) is 58.8 Å². The number of aryl methyl sites for hydroxylation is 1. The monoisotopic (exact) mass is 387 g/mol. The van der Waals surface area contributed by atoms with Crippen molar-refractivity contribution >= 4 is 17.9 Å². The zero-order chi connectivity index (χ0) is 19.8. The van der Waals surface area contributed by atoms with Gasteiger partial charge in [-0.05, 0) is 59.1 Å². The molecule has 0 aliphatic rings. The average Bonchev–Trinajstić information content (AvgIpc) is 2.63. The van der Waals surface area contributed by atoms with Gasteiger partial charge >= 0.3 is 0 Å². The van der Waals surface area contributed by atoms with Crippen molar-refractivity contribution in [3.8, 4) is 0 Å². The van der Waals surface area contributed by atoms with Crippen molar-refractivity contribution in [1.82, 2.24) is 4.72 Å². The van der Waals surface area contributed by atoms with E-state index < -0.39 is 0 Å². The van der Waals surface area contributed by atoms with Crippen LogP contribution in [0.1, 0.15) is 68.2 Å². The Hall–Kier alpha value is -1.81. The lowest BCUT2D eigenvalue weighted by atomic mass is 9.87. The highest BCUT2D eigenvalue weighted by molar-refractivity contribution is 7.97. The van der Waals surface area contributed by atoms with Gasteiger partial charge in [-0.3, -0.25) is 9.52 Å². The van der Waals surface area contributed by atoms with Crippen molar-refractivity contribution in [1.29, 1.82) is 0 Å². The molecule has 0 unspecified atom stereocenters. The zero-order valence-electron chi connectivity index (χ0n) is 16.7. The lowest BCUT2D eigenvalue weighted by Crippen LogP contribution is -2.21. The molecule has 0 atom stereocenters. The van der Waals surface area contributed by atoms with Gasteiger partial charge in [0.15, 0.2) is 0 Å². The lowest BCUT2D eigenvalue weighted by Gasteiger charge is -2.19. The number of amides is 1. The Morgan fingerprint density at radius 2 is 1.63 bits per heavy atom. The molecular weight excluding hydrogens is 357 g/mol. The molecule has 1 N–H and O–H groups in total. The summed E-state index contributed by atoms with van der Waals surface area (Å²) in [4.78, 5) is 12.5. The minimum absolute atomic E-state index is 0.0184. The first kappa shape index (κ1) is 21.5. The van der Waals surface area contributed by atoms with Crippen LogP contribution in [0.25, 0.3) is 0 Å². The maximum absolute atomic E-state index is 14.0. The summed E-state index contributed by atoms with van der Waals surface area (Å²) in [6.07, 6.45) is 2.32. The van der Waals surface area contributed by atoms with Crippen LogP contribution in [0, 0.1) is 5.82 Å². The molecule has 0 heterocycles. The number of carbonyl (C=O) groups excluding carboxylic acids is 1. The van der Waals surface area contributed by atoms with Crippen LogP contribution in [0.5, 0.6) is 0 Å². The second-order valence-corrected chi connectivity index (χ2v) is 8.41. The van der Waals surface area contributed by atoms with E-state index in [-0.39, 0.29) is 23.6 Å². The topological polar surface area (TPSA) is 29.1 Å². The molecule has 1 amide bonds. The molecule has 0 saturated carbocycles. The summed E-state index contributed by atoms with van der Waals surface area (Å²) < 4.78 is 16.9. The molecule has 0 fully saturated rings. The maximum atomic E-state index is 14.0. The van der Waals surface area contributed by atoms with Crippen molar-refractivity contribution in [2.24, 2.45) is 0 Å². The van der Waals surface area contributed by atoms with Gasteiger partial charge in [0.1, 0.15) is 5.82 Å². The van der Waals surface area contributed by atoms with E-state index in [0.29, 0.717) is 6.42 Å². The second kappa shape index (κ2) is 10.5. The summed E-state index contributed by atoms with van der Waals surface area (Å²) in [6.45, 7) is 8.16. The molecule has 2 aromatic carbocycles. The second-order valence-electron chi connectivity index (χ2n) is 7.51. The predicted octanol–water partition coefficient (Wildman–Crippen LogP) is 6.01. The number of hydrogen-bond acceptors (Lipinski definition) is 2. The van der Waals surface area contributed by atoms with E-state index in [1.807, 2.05) is 45.9 Å². The third-order valence-electron chi connectivity index (χ3n) is 4.61. The van der Waals surface area contributed by atoms with Gasteiger partial charge in [-0.15, -0.1) is 0 Å². The van der Waals surface area contributed by atoms with Gasteiger partial charge < -0.3 is 0 Å². The van der Waals surface area contributed by atoms with E-state index in [1.165, 1.54) is 17.5 Å². The van der Waals surface area contributed by atoms with Gasteiger partial charge in [-0.2, -0.15) is 0 Å². The normalized spacial score (nSPS) is 11.2. The Morgan fingerprint density at radius 1 is 1.04 bits per heavy atom. The fraction of sp³-hybridized carbons (Fsp3) is 0.435. The van der Waals surface area contributed by atoms with Gasteiger partial charge in [-0.25, -0.2) is 4.39 Å². The average molecular weight is 388 g/mol. The molecule has 27 heavy (non-hydrogen) atoms. The first-order chi connectivity index (χ1) is 12.9. The van der Waals surface area contributed by atoms with Crippen molar-refractivity contribution in [2.75, 3.05) is 5.75 Å². The van der Waals surface area contributed by atoms with Crippen LogP contribution in [0.15, 0.2) is 42.5 Å². The van der Waals surface area contributed by atoms with E-state index in [2.05, 4.69) is 16.9 Å². The van der Waals surface area contributed by atoms with Gasteiger partial charge in [0, 0.05) is 5.75 Å². The number of nitrogens with one attached hydrogen (secondary N) is 1. The largest absolute Gasteiger partial charge is 0.300 e. The summed E-state index contributed by atoms with van der Waals surface area (Å²) in [5.74, 6) is 0.994. The molecule has 0 radical (unpaired) electrons. The van der Waals surface area contributed by atoms with Crippen LogP contribution in [-0.4, -0.2) is 11.7 Å². The SMILES string of the molecule is CC(C)c1cc(F)cc(C(C)C)c1CC(=O)NSCCCc1ccccc1. The van der Waals surface area contributed by atoms with E-state index in [9.17, 15) is 9.18 Å². The number of benzene rings is 2. The minimum atomic E-state index is -0.221. The van der Waals surface area contributed by atoms with E-state index in [1.54, 1.807) is 12.1 Å². The highest BCUT2D eigenvalue weighted by Gasteiger charge is 2.18. The van der Waals surface area contributed by atoms with Crippen molar-refractivity contribution in [3.05, 3.63) is 70.5 Å². The summed E-state index contributed by atoms with van der Waals surface area (Å²) in [5.41, 5.74) is 4.16. The van der Waals surface area contributed by atoms with E-state index in [0.717, 1.165) is 35.3 Å². The zero-order valence-corrected chi connectivity index (χ0v) is 17.5. The lowest BCUT2D eigenvalue weighted by molar-refractivity contribution is -0.118. The number of hydrogen-bond donors (Lipinski definition) is 1. The molecule has 4 heteroatoms. The summed E-state index contributed by atoms with van der Waals surface area (Å²) in [6, 6.07) is 13.5. The fourth-order valence-corrected chi connectivity index (χ4v) is 3.86. The molecule has 0 aromatic heterocycles. The van der Waals surface area contributed by atoms with Crippen LogP contribution in [-0.2, 0) is 17.6 Å².